The molecule has 0 bridgehead atoms. The Morgan fingerprint density at radius 2 is 1.90 bits per heavy atom. The first-order valence-corrected chi connectivity index (χ1v) is 6.83. The average Bonchev–Trinajstić information content (AvgIpc) is 3.21. The van der Waals surface area contributed by atoms with E-state index in [0.29, 0.717) is 12.5 Å². The van der Waals surface area contributed by atoms with Crippen LogP contribution in [0.15, 0.2) is 24.3 Å². The average molecular weight is 275 g/mol. The van der Waals surface area contributed by atoms with E-state index in [0.717, 1.165) is 24.1 Å². The summed E-state index contributed by atoms with van der Waals surface area (Å²) in [7, 11) is 0. The predicted molar refractivity (Wildman–Crippen MR) is 77.9 cm³/mol. The molecule has 1 atom stereocenters. The van der Waals surface area contributed by atoms with Crippen LogP contribution in [-0.2, 0) is 16.1 Å². The van der Waals surface area contributed by atoms with Crippen molar-refractivity contribution in [3.8, 4) is 0 Å². The molecule has 108 valence electrons. The van der Waals surface area contributed by atoms with Gasteiger partial charge in [0.1, 0.15) is 0 Å². The Bertz CT molecular complexity index is 504. The molecule has 1 fully saturated rings. The van der Waals surface area contributed by atoms with Gasteiger partial charge in [-0.25, -0.2) is 0 Å². The van der Waals surface area contributed by atoms with Crippen molar-refractivity contribution in [1.82, 2.24) is 5.32 Å². The molecular formula is C15H21N3O2. The first kappa shape index (κ1) is 14.5. The van der Waals surface area contributed by atoms with Gasteiger partial charge in [-0.05, 0) is 43.4 Å². The summed E-state index contributed by atoms with van der Waals surface area (Å²) >= 11 is 0. The second-order valence-electron chi connectivity index (χ2n) is 5.62. The molecule has 2 amide bonds. The summed E-state index contributed by atoms with van der Waals surface area (Å²) in [5.41, 5.74) is 7.00. The molecule has 0 aromatic heterocycles. The summed E-state index contributed by atoms with van der Waals surface area (Å²) in [6, 6.07) is 7.36. The van der Waals surface area contributed by atoms with Crippen molar-refractivity contribution in [2.24, 2.45) is 11.7 Å². The molecule has 1 aromatic carbocycles. The molecule has 1 aromatic rings. The molecule has 20 heavy (non-hydrogen) atoms. The zero-order chi connectivity index (χ0) is 14.8. The Hall–Kier alpha value is -1.88. The molecule has 0 aliphatic heterocycles. The maximum atomic E-state index is 12.0. The number of hydrogen-bond donors (Lipinski definition) is 3. The van der Waals surface area contributed by atoms with Gasteiger partial charge in [0.2, 0.25) is 11.8 Å². The van der Waals surface area contributed by atoms with Crippen LogP contribution in [0.25, 0.3) is 0 Å². The lowest BCUT2D eigenvalue weighted by atomic mass is 9.96. The Morgan fingerprint density at radius 3 is 2.40 bits per heavy atom. The van der Waals surface area contributed by atoms with Crippen LogP contribution in [0.4, 0.5) is 5.69 Å². The molecule has 4 N–H and O–H groups in total. The van der Waals surface area contributed by atoms with Crippen LogP contribution >= 0.6 is 0 Å². The van der Waals surface area contributed by atoms with Crippen molar-refractivity contribution in [2.75, 3.05) is 5.32 Å². The lowest BCUT2D eigenvalue weighted by molar-refractivity contribution is -0.126. The molecule has 1 aliphatic carbocycles. The number of rotatable bonds is 5. The van der Waals surface area contributed by atoms with E-state index in [4.69, 9.17) is 5.73 Å². The van der Waals surface area contributed by atoms with Crippen molar-refractivity contribution in [2.45, 2.75) is 38.8 Å². The standard InChI is InChI=1S/C15H21N3O2/c1-10(19)18-13-7-3-11(4-8-13)9-17-14(20)15(2,16)12-5-6-12/h3-4,7-8,12H,5-6,9,16H2,1-2H3,(H,17,20)(H,18,19). The number of hydrogen-bond acceptors (Lipinski definition) is 3. The fourth-order valence-corrected chi connectivity index (χ4v) is 2.15. The quantitative estimate of drug-likeness (QED) is 0.759. The SMILES string of the molecule is CC(=O)Nc1ccc(CNC(=O)C(C)(N)C2CC2)cc1. The largest absolute Gasteiger partial charge is 0.350 e. The fourth-order valence-electron chi connectivity index (χ4n) is 2.15. The molecule has 1 saturated carbocycles. The van der Waals surface area contributed by atoms with Gasteiger partial charge in [-0.15, -0.1) is 0 Å². The molecule has 5 heteroatoms. The van der Waals surface area contributed by atoms with E-state index in [1.807, 2.05) is 24.3 Å². The summed E-state index contributed by atoms with van der Waals surface area (Å²) in [6.07, 6.45) is 2.07. The summed E-state index contributed by atoms with van der Waals surface area (Å²) in [5.74, 6) is 0.102. The summed E-state index contributed by atoms with van der Waals surface area (Å²) in [4.78, 5) is 23.0. The number of nitrogens with two attached hydrogens (primary N) is 1. The number of benzene rings is 1. The monoisotopic (exact) mass is 275 g/mol. The van der Waals surface area contributed by atoms with Gasteiger partial charge in [-0.2, -0.15) is 0 Å². The van der Waals surface area contributed by atoms with Crippen LogP contribution in [-0.4, -0.2) is 17.4 Å². The first-order chi connectivity index (χ1) is 9.39. The van der Waals surface area contributed by atoms with Gasteiger partial charge in [-0.1, -0.05) is 12.1 Å². The molecule has 0 saturated heterocycles. The smallest absolute Gasteiger partial charge is 0.240 e. The summed E-state index contributed by atoms with van der Waals surface area (Å²) < 4.78 is 0. The molecule has 0 spiro atoms. The van der Waals surface area contributed by atoms with Crippen LogP contribution < -0.4 is 16.4 Å². The van der Waals surface area contributed by atoms with Gasteiger partial charge in [0.15, 0.2) is 0 Å². The van der Waals surface area contributed by atoms with Gasteiger partial charge in [0, 0.05) is 19.2 Å². The van der Waals surface area contributed by atoms with E-state index >= 15 is 0 Å². The molecule has 1 aliphatic rings. The molecule has 1 unspecified atom stereocenters. The molecule has 2 rings (SSSR count). The maximum absolute atomic E-state index is 12.0. The molecular weight excluding hydrogens is 254 g/mol. The minimum absolute atomic E-state index is 0.102. The summed E-state index contributed by atoms with van der Waals surface area (Å²) in [6.45, 7) is 3.70. The minimum Gasteiger partial charge on any atom is -0.350 e. The van der Waals surface area contributed by atoms with Gasteiger partial charge in [-0.3, -0.25) is 9.59 Å². The maximum Gasteiger partial charge on any atom is 0.240 e. The van der Waals surface area contributed by atoms with E-state index in [2.05, 4.69) is 10.6 Å². The number of amides is 2. The Balaban J connectivity index is 1.87. The highest BCUT2D eigenvalue weighted by molar-refractivity contribution is 5.88. The van der Waals surface area contributed by atoms with E-state index < -0.39 is 5.54 Å². The third-order valence-corrected chi connectivity index (χ3v) is 3.64. The second-order valence-corrected chi connectivity index (χ2v) is 5.62. The number of carbonyl (C=O) groups excluding carboxylic acids is 2. The zero-order valence-electron chi connectivity index (χ0n) is 11.9. The number of nitrogens with one attached hydrogen (secondary N) is 2. The van der Waals surface area contributed by atoms with Crippen molar-refractivity contribution < 1.29 is 9.59 Å². The highest BCUT2D eigenvalue weighted by Crippen LogP contribution is 2.38. The third-order valence-electron chi connectivity index (χ3n) is 3.64. The van der Waals surface area contributed by atoms with Gasteiger partial charge in [0.05, 0.1) is 5.54 Å². The lowest BCUT2D eigenvalue weighted by Crippen LogP contribution is -2.53. The third kappa shape index (κ3) is 3.57. The normalized spacial score (nSPS) is 17.1. The van der Waals surface area contributed by atoms with Crippen LogP contribution in [0, 0.1) is 5.92 Å². The Kier molecular flexibility index (Phi) is 4.09. The summed E-state index contributed by atoms with van der Waals surface area (Å²) in [5, 5.41) is 5.57. The van der Waals surface area contributed by atoms with Crippen LogP contribution in [0.1, 0.15) is 32.3 Å². The van der Waals surface area contributed by atoms with Gasteiger partial charge in [0.25, 0.3) is 0 Å². The highest BCUT2D eigenvalue weighted by Gasteiger charge is 2.43. The zero-order valence-corrected chi connectivity index (χ0v) is 11.9. The lowest BCUT2D eigenvalue weighted by Gasteiger charge is -2.23. The minimum atomic E-state index is -0.768. The predicted octanol–water partition coefficient (Wildman–Crippen LogP) is 1.39. The van der Waals surface area contributed by atoms with Crippen LogP contribution in [0.2, 0.25) is 0 Å². The van der Waals surface area contributed by atoms with Gasteiger partial charge >= 0.3 is 0 Å². The second kappa shape index (κ2) is 5.63. The number of anilines is 1. The Morgan fingerprint density at radius 1 is 1.30 bits per heavy atom. The van der Waals surface area contributed by atoms with Crippen LogP contribution in [0.3, 0.4) is 0 Å². The molecule has 0 radical (unpaired) electrons. The van der Waals surface area contributed by atoms with Crippen molar-refractivity contribution in [1.29, 1.82) is 0 Å². The molecule has 0 heterocycles. The van der Waals surface area contributed by atoms with E-state index in [1.54, 1.807) is 6.92 Å². The fraction of sp³-hybridized carbons (Fsp3) is 0.467. The van der Waals surface area contributed by atoms with Crippen molar-refractivity contribution >= 4 is 17.5 Å². The number of carbonyl (C=O) groups is 2. The van der Waals surface area contributed by atoms with Crippen LogP contribution in [0.5, 0.6) is 0 Å². The van der Waals surface area contributed by atoms with Gasteiger partial charge < -0.3 is 16.4 Å². The highest BCUT2D eigenvalue weighted by atomic mass is 16.2. The van der Waals surface area contributed by atoms with E-state index in [1.165, 1.54) is 6.92 Å². The first-order valence-electron chi connectivity index (χ1n) is 6.83. The van der Waals surface area contributed by atoms with E-state index in [9.17, 15) is 9.59 Å². The molecule has 5 nitrogen and oxygen atoms in total. The Labute approximate surface area is 118 Å². The topological polar surface area (TPSA) is 84.2 Å². The van der Waals surface area contributed by atoms with Crippen molar-refractivity contribution in [3.63, 3.8) is 0 Å². The van der Waals surface area contributed by atoms with E-state index in [-0.39, 0.29) is 11.8 Å². The van der Waals surface area contributed by atoms with Crippen molar-refractivity contribution in [3.05, 3.63) is 29.8 Å².